The number of aliphatic imine (C=N–C) groups is 1. The number of ether oxygens (including phenoxy) is 1. The third-order valence-electron chi connectivity index (χ3n) is 2.96. The van der Waals surface area contributed by atoms with Crippen LogP contribution in [0.5, 0.6) is 5.75 Å². The highest BCUT2D eigenvalue weighted by molar-refractivity contribution is 14.0. The standard InChI is InChI=1S/C16H24F3N3OS.HI/c1-4-20-15(21-7-8-24-3)22-10-13-6-5-12(2)9-14(13)23-11-16(17,18)19;/h5-6,9H,4,7-8,10-11H2,1-3H3,(H2,20,21,22);1H. The normalized spacial score (nSPS) is 11.7. The van der Waals surface area contributed by atoms with Crippen LogP contribution in [0.1, 0.15) is 18.1 Å². The molecule has 0 aliphatic rings. The molecule has 4 nitrogen and oxygen atoms in total. The van der Waals surface area contributed by atoms with Crippen molar-refractivity contribution < 1.29 is 17.9 Å². The first-order valence-corrected chi connectivity index (χ1v) is 9.05. The first-order valence-electron chi connectivity index (χ1n) is 7.66. The van der Waals surface area contributed by atoms with Gasteiger partial charge in [0, 0.05) is 24.4 Å². The molecule has 0 aromatic heterocycles. The number of thioether (sulfide) groups is 1. The van der Waals surface area contributed by atoms with Crippen LogP contribution in [0, 0.1) is 6.92 Å². The summed E-state index contributed by atoms with van der Waals surface area (Å²) in [6.45, 7) is 4.16. The molecule has 0 aliphatic heterocycles. The Morgan fingerprint density at radius 2 is 2.00 bits per heavy atom. The van der Waals surface area contributed by atoms with E-state index in [-0.39, 0.29) is 36.3 Å². The molecule has 0 saturated heterocycles. The van der Waals surface area contributed by atoms with Crippen LogP contribution in [0.25, 0.3) is 0 Å². The third-order valence-corrected chi connectivity index (χ3v) is 3.58. The molecule has 9 heteroatoms. The summed E-state index contributed by atoms with van der Waals surface area (Å²) in [5, 5.41) is 6.28. The fourth-order valence-electron chi connectivity index (χ4n) is 1.86. The second-order valence-electron chi connectivity index (χ2n) is 5.13. The third kappa shape index (κ3) is 10.7. The maximum atomic E-state index is 12.4. The number of nitrogens with zero attached hydrogens (tertiary/aromatic N) is 1. The second-order valence-corrected chi connectivity index (χ2v) is 6.12. The number of hydrogen-bond acceptors (Lipinski definition) is 3. The first kappa shape index (κ1) is 24.2. The fraction of sp³-hybridized carbons (Fsp3) is 0.562. The van der Waals surface area contributed by atoms with Gasteiger partial charge in [0.1, 0.15) is 5.75 Å². The molecular formula is C16H25F3IN3OS. The largest absolute Gasteiger partial charge is 0.484 e. The number of rotatable bonds is 8. The lowest BCUT2D eigenvalue weighted by Gasteiger charge is -2.14. The van der Waals surface area contributed by atoms with Crippen LogP contribution in [-0.4, -0.2) is 43.8 Å². The van der Waals surface area contributed by atoms with Crippen LogP contribution >= 0.6 is 35.7 Å². The van der Waals surface area contributed by atoms with Gasteiger partial charge in [-0.2, -0.15) is 24.9 Å². The van der Waals surface area contributed by atoms with E-state index in [4.69, 9.17) is 4.74 Å². The van der Waals surface area contributed by atoms with Crippen molar-refractivity contribution in [3.8, 4) is 5.75 Å². The average molecular weight is 491 g/mol. The highest BCUT2D eigenvalue weighted by Crippen LogP contribution is 2.24. The molecule has 0 aliphatic carbocycles. The summed E-state index contributed by atoms with van der Waals surface area (Å²) >= 11 is 1.72. The molecule has 0 bridgehead atoms. The monoisotopic (exact) mass is 491 g/mol. The fourth-order valence-corrected chi connectivity index (χ4v) is 2.17. The summed E-state index contributed by atoms with van der Waals surface area (Å²) in [7, 11) is 0. The van der Waals surface area contributed by atoms with Gasteiger partial charge in [-0.3, -0.25) is 0 Å². The van der Waals surface area contributed by atoms with Gasteiger partial charge in [0.2, 0.25) is 0 Å². The lowest BCUT2D eigenvalue weighted by atomic mass is 10.1. The molecule has 0 spiro atoms. The second kappa shape index (κ2) is 12.5. The maximum absolute atomic E-state index is 12.4. The Kier molecular flexibility index (Phi) is 12.1. The molecule has 0 radical (unpaired) electrons. The molecule has 2 N–H and O–H groups in total. The summed E-state index contributed by atoms with van der Waals surface area (Å²) in [6.07, 6.45) is -2.35. The van der Waals surface area contributed by atoms with Gasteiger partial charge in [0.25, 0.3) is 0 Å². The SMILES string of the molecule is CCNC(=NCc1ccc(C)cc1OCC(F)(F)F)NCCSC.I. The summed E-state index contributed by atoms with van der Waals surface area (Å²) < 4.78 is 42.1. The Bertz CT molecular complexity index is 542. The molecule has 0 saturated carbocycles. The van der Waals surface area contributed by atoms with Crippen molar-refractivity contribution in [1.29, 1.82) is 0 Å². The molecule has 1 rings (SSSR count). The van der Waals surface area contributed by atoms with Crippen molar-refractivity contribution in [3.05, 3.63) is 29.3 Å². The number of aryl methyl sites for hydroxylation is 1. The Morgan fingerprint density at radius 1 is 1.28 bits per heavy atom. The van der Waals surface area contributed by atoms with Gasteiger partial charge >= 0.3 is 6.18 Å². The zero-order valence-electron chi connectivity index (χ0n) is 14.6. The van der Waals surface area contributed by atoms with Crippen LogP contribution in [0.15, 0.2) is 23.2 Å². The van der Waals surface area contributed by atoms with Crippen LogP contribution in [0.2, 0.25) is 0 Å². The molecule has 0 unspecified atom stereocenters. The number of halogens is 4. The zero-order chi connectivity index (χ0) is 18.0. The van der Waals surface area contributed by atoms with E-state index in [1.54, 1.807) is 23.9 Å². The molecule has 25 heavy (non-hydrogen) atoms. The van der Waals surface area contributed by atoms with Crippen molar-refractivity contribution in [2.75, 3.05) is 31.7 Å². The van der Waals surface area contributed by atoms with Crippen LogP contribution < -0.4 is 15.4 Å². The number of hydrogen-bond donors (Lipinski definition) is 2. The van der Waals surface area contributed by atoms with E-state index in [1.165, 1.54) is 0 Å². The highest BCUT2D eigenvalue weighted by atomic mass is 127. The number of guanidine groups is 1. The van der Waals surface area contributed by atoms with E-state index in [0.29, 0.717) is 18.1 Å². The number of benzene rings is 1. The van der Waals surface area contributed by atoms with Crippen molar-refractivity contribution in [2.45, 2.75) is 26.6 Å². The lowest BCUT2D eigenvalue weighted by molar-refractivity contribution is -0.153. The molecule has 0 amide bonds. The van der Waals surface area contributed by atoms with Gasteiger partial charge in [-0.1, -0.05) is 12.1 Å². The molecular weight excluding hydrogens is 466 g/mol. The predicted octanol–water partition coefficient (Wildman–Crippen LogP) is 3.97. The Hall–Kier alpha value is -0.840. The summed E-state index contributed by atoms with van der Waals surface area (Å²) in [5.74, 6) is 1.79. The molecule has 144 valence electrons. The Morgan fingerprint density at radius 3 is 2.60 bits per heavy atom. The van der Waals surface area contributed by atoms with Crippen molar-refractivity contribution >= 4 is 41.7 Å². The van der Waals surface area contributed by atoms with E-state index in [2.05, 4.69) is 15.6 Å². The van der Waals surface area contributed by atoms with Crippen LogP contribution in [0.3, 0.4) is 0 Å². The van der Waals surface area contributed by atoms with Gasteiger partial charge in [0.05, 0.1) is 6.54 Å². The average Bonchev–Trinajstić information content (AvgIpc) is 2.51. The van der Waals surface area contributed by atoms with E-state index in [0.717, 1.165) is 17.9 Å². The van der Waals surface area contributed by atoms with Crippen molar-refractivity contribution in [3.63, 3.8) is 0 Å². The minimum atomic E-state index is -4.36. The van der Waals surface area contributed by atoms with Crippen LogP contribution in [-0.2, 0) is 6.54 Å². The molecule has 1 aromatic carbocycles. The Labute approximate surface area is 168 Å². The molecule has 1 aromatic rings. The number of nitrogens with one attached hydrogen (secondary N) is 2. The van der Waals surface area contributed by atoms with Gasteiger partial charge in [-0.15, -0.1) is 24.0 Å². The van der Waals surface area contributed by atoms with E-state index < -0.39 is 12.8 Å². The van der Waals surface area contributed by atoms with Crippen LogP contribution in [0.4, 0.5) is 13.2 Å². The van der Waals surface area contributed by atoms with E-state index in [1.807, 2.05) is 26.2 Å². The van der Waals surface area contributed by atoms with Gasteiger partial charge in [0.15, 0.2) is 12.6 Å². The summed E-state index contributed by atoms with van der Waals surface area (Å²) in [5.41, 5.74) is 1.46. The topological polar surface area (TPSA) is 45.7 Å². The highest BCUT2D eigenvalue weighted by Gasteiger charge is 2.28. The van der Waals surface area contributed by atoms with E-state index in [9.17, 15) is 13.2 Å². The summed E-state index contributed by atoms with van der Waals surface area (Å²) in [4.78, 5) is 4.41. The summed E-state index contributed by atoms with van der Waals surface area (Å²) in [6, 6.07) is 5.18. The molecule has 0 fully saturated rings. The van der Waals surface area contributed by atoms with Gasteiger partial charge < -0.3 is 15.4 Å². The lowest BCUT2D eigenvalue weighted by Crippen LogP contribution is -2.38. The predicted molar refractivity (Wildman–Crippen MR) is 109 cm³/mol. The maximum Gasteiger partial charge on any atom is 0.422 e. The van der Waals surface area contributed by atoms with Crippen molar-refractivity contribution in [2.24, 2.45) is 4.99 Å². The van der Waals surface area contributed by atoms with Gasteiger partial charge in [-0.05, 0) is 31.7 Å². The molecule has 0 heterocycles. The van der Waals surface area contributed by atoms with Crippen molar-refractivity contribution in [1.82, 2.24) is 10.6 Å². The van der Waals surface area contributed by atoms with Gasteiger partial charge in [-0.25, -0.2) is 4.99 Å². The zero-order valence-corrected chi connectivity index (χ0v) is 17.7. The molecule has 0 atom stereocenters. The minimum Gasteiger partial charge on any atom is -0.484 e. The Balaban J connectivity index is 0.00000576. The first-order chi connectivity index (χ1) is 11.4. The smallest absolute Gasteiger partial charge is 0.422 e. The number of alkyl halides is 3. The van der Waals surface area contributed by atoms with E-state index >= 15 is 0 Å². The quantitative estimate of drug-likeness (QED) is 0.250. The minimum absolute atomic E-state index is 0.